The van der Waals surface area contributed by atoms with Crippen LogP contribution in [0.4, 0.5) is 0 Å². The molecule has 288 valence electrons. The molecule has 0 amide bonds. The van der Waals surface area contributed by atoms with Crippen molar-refractivity contribution >= 4 is 10.8 Å². The molecule has 2 aromatic carbocycles. The van der Waals surface area contributed by atoms with Crippen molar-refractivity contribution in [3.05, 3.63) is 78.4 Å². The van der Waals surface area contributed by atoms with E-state index in [1.165, 1.54) is 77.0 Å². The summed E-state index contributed by atoms with van der Waals surface area (Å²) in [6, 6.07) is 10.6. The molecule has 0 heterocycles. The molecule has 51 heavy (non-hydrogen) atoms. The van der Waals surface area contributed by atoms with Gasteiger partial charge in [-0.3, -0.25) is 30.3 Å². The van der Waals surface area contributed by atoms with E-state index in [4.69, 9.17) is 0 Å². The average molecular weight is 712 g/mol. The highest BCUT2D eigenvalue weighted by Crippen LogP contribution is 2.41. The predicted octanol–water partition coefficient (Wildman–Crippen LogP) is 13.2. The Balaban J connectivity index is 2.04. The summed E-state index contributed by atoms with van der Waals surface area (Å²) in [5.74, 6) is 0. The van der Waals surface area contributed by atoms with E-state index >= 15 is 0 Å². The Hall–Kier alpha value is -3.10. The van der Waals surface area contributed by atoms with Crippen LogP contribution in [0.3, 0.4) is 0 Å². The molecule has 3 unspecified atom stereocenters. The zero-order valence-electron chi connectivity index (χ0n) is 32.1. The number of rotatable bonds is 33. The Morgan fingerprint density at radius 3 is 1.41 bits per heavy atom. The second-order valence-corrected chi connectivity index (χ2v) is 15.0. The molecule has 0 aliphatic carbocycles. The minimum absolute atomic E-state index is 0.0277. The van der Waals surface area contributed by atoms with Crippen molar-refractivity contribution in [1.82, 2.24) is 0 Å². The lowest BCUT2D eigenvalue weighted by atomic mass is 9.75. The minimum Gasteiger partial charge on any atom is -0.264 e. The fraction of sp³-hybridized carbons (Fsp3) is 0.762. The van der Waals surface area contributed by atoms with Gasteiger partial charge in [-0.05, 0) is 36.5 Å². The van der Waals surface area contributed by atoms with Crippen molar-refractivity contribution in [2.75, 3.05) is 0 Å². The van der Waals surface area contributed by atoms with Gasteiger partial charge >= 0.3 is 5.54 Å². The zero-order chi connectivity index (χ0) is 37.2. The van der Waals surface area contributed by atoms with Gasteiger partial charge in [-0.2, -0.15) is 0 Å². The number of hydrogen-bond donors (Lipinski definition) is 0. The van der Waals surface area contributed by atoms with E-state index in [2.05, 4.69) is 13.8 Å². The van der Waals surface area contributed by atoms with Crippen LogP contribution in [-0.2, 0) is 5.54 Å². The van der Waals surface area contributed by atoms with Crippen LogP contribution in [0.5, 0.6) is 0 Å². The summed E-state index contributed by atoms with van der Waals surface area (Å²) in [6.07, 6.45) is 25.6. The highest BCUT2D eigenvalue weighted by Gasteiger charge is 2.59. The summed E-state index contributed by atoms with van der Waals surface area (Å²) >= 11 is 0. The first-order valence-electron chi connectivity index (χ1n) is 20.7. The van der Waals surface area contributed by atoms with E-state index in [0.29, 0.717) is 43.1 Å². The highest BCUT2D eigenvalue weighted by atomic mass is 16.6. The van der Waals surface area contributed by atoms with Crippen LogP contribution in [-0.4, -0.2) is 26.9 Å². The molecule has 2 rings (SSSR count). The monoisotopic (exact) mass is 712 g/mol. The lowest BCUT2D eigenvalue weighted by Gasteiger charge is -2.29. The van der Waals surface area contributed by atoms with Crippen LogP contribution in [0.25, 0.3) is 10.8 Å². The Morgan fingerprint density at radius 1 is 0.510 bits per heavy atom. The molecule has 0 fully saturated rings. The summed E-state index contributed by atoms with van der Waals surface area (Å²) in [7, 11) is 0. The van der Waals surface area contributed by atoms with Crippen molar-refractivity contribution in [2.45, 2.75) is 205 Å². The van der Waals surface area contributed by atoms with Gasteiger partial charge in [0.05, 0.1) is 0 Å². The summed E-state index contributed by atoms with van der Waals surface area (Å²) in [6.45, 7) is 4.42. The van der Waals surface area contributed by atoms with Gasteiger partial charge in [0, 0.05) is 46.0 Å². The molecule has 0 aliphatic heterocycles. The lowest BCUT2D eigenvalue weighted by Crippen LogP contribution is -2.50. The van der Waals surface area contributed by atoms with Gasteiger partial charge in [0.15, 0.2) is 0 Å². The molecule has 0 saturated heterocycles. The largest absolute Gasteiger partial charge is 0.313 e. The molecular weight excluding hydrogens is 642 g/mol. The first kappa shape index (κ1) is 44.1. The molecule has 3 atom stereocenters. The van der Waals surface area contributed by atoms with Crippen LogP contribution in [0.1, 0.15) is 193 Å². The molecule has 0 aliphatic rings. The Bertz CT molecular complexity index is 1250. The van der Waals surface area contributed by atoms with E-state index in [0.717, 1.165) is 56.8 Å². The van der Waals surface area contributed by atoms with E-state index in [-0.39, 0.29) is 17.8 Å². The maximum Gasteiger partial charge on any atom is 0.313 e. The van der Waals surface area contributed by atoms with Gasteiger partial charge < -0.3 is 0 Å². The smallest absolute Gasteiger partial charge is 0.264 e. The number of benzene rings is 2. The van der Waals surface area contributed by atoms with Crippen molar-refractivity contribution < 1.29 is 14.8 Å². The van der Waals surface area contributed by atoms with E-state index in [1.807, 2.05) is 30.3 Å². The molecular formula is C42H69N3O6. The SMILES string of the molecule is CCCCCCCCCCCCCCCCC([N+](=O)[O-])C(CCCCC(CCCCCCCCC)[N+](=O)[O-])(c1cccc2ccccc12)[N+](=O)[O-]. The van der Waals surface area contributed by atoms with Crippen molar-refractivity contribution in [3.8, 4) is 0 Å². The molecule has 0 aromatic heterocycles. The summed E-state index contributed by atoms with van der Waals surface area (Å²) in [4.78, 5) is 36.9. The third-order valence-corrected chi connectivity index (χ3v) is 11.0. The number of hydrogen-bond acceptors (Lipinski definition) is 6. The second kappa shape index (κ2) is 26.6. The number of unbranched alkanes of at least 4 members (excludes halogenated alkanes) is 20. The molecule has 0 spiro atoms. The zero-order valence-corrected chi connectivity index (χ0v) is 32.1. The Morgan fingerprint density at radius 2 is 0.941 bits per heavy atom. The predicted molar refractivity (Wildman–Crippen MR) is 210 cm³/mol. The third kappa shape index (κ3) is 16.0. The molecule has 9 heteroatoms. The lowest BCUT2D eigenvalue weighted by molar-refractivity contribution is -0.663. The first-order valence-corrected chi connectivity index (χ1v) is 20.7. The second-order valence-electron chi connectivity index (χ2n) is 15.0. The molecule has 9 nitrogen and oxygen atoms in total. The van der Waals surface area contributed by atoms with Crippen LogP contribution in [0, 0.1) is 30.3 Å². The van der Waals surface area contributed by atoms with E-state index in [9.17, 15) is 30.3 Å². The van der Waals surface area contributed by atoms with Crippen LogP contribution in [0.15, 0.2) is 42.5 Å². The van der Waals surface area contributed by atoms with Gasteiger partial charge in [-0.1, -0.05) is 178 Å². The quantitative estimate of drug-likeness (QED) is 0.0411. The fourth-order valence-electron chi connectivity index (χ4n) is 7.91. The first-order chi connectivity index (χ1) is 24.8. The molecule has 0 bridgehead atoms. The van der Waals surface area contributed by atoms with Crippen LogP contribution in [0.2, 0.25) is 0 Å². The minimum atomic E-state index is -1.93. The third-order valence-electron chi connectivity index (χ3n) is 11.0. The topological polar surface area (TPSA) is 129 Å². The Labute approximate surface area is 308 Å². The normalized spacial score (nSPS) is 13.9. The summed E-state index contributed by atoms with van der Waals surface area (Å²) in [5, 5.41) is 39.4. The molecule has 2 aromatic rings. The molecule has 0 N–H and O–H groups in total. The molecule has 0 radical (unpaired) electrons. The molecule has 0 saturated carbocycles. The van der Waals surface area contributed by atoms with E-state index < -0.39 is 27.5 Å². The maximum atomic E-state index is 13.3. The fourth-order valence-corrected chi connectivity index (χ4v) is 7.91. The van der Waals surface area contributed by atoms with Crippen LogP contribution < -0.4 is 0 Å². The number of nitrogens with zero attached hydrogens (tertiary/aromatic N) is 3. The van der Waals surface area contributed by atoms with Crippen molar-refractivity contribution in [2.24, 2.45) is 0 Å². The van der Waals surface area contributed by atoms with Gasteiger partial charge in [0.2, 0.25) is 6.04 Å². The number of nitro groups is 3. The van der Waals surface area contributed by atoms with Crippen LogP contribution >= 0.6 is 0 Å². The van der Waals surface area contributed by atoms with Gasteiger partial charge in [0.25, 0.3) is 6.04 Å². The van der Waals surface area contributed by atoms with E-state index in [1.54, 1.807) is 12.1 Å². The summed E-state index contributed by atoms with van der Waals surface area (Å²) < 4.78 is 0. The van der Waals surface area contributed by atoms with Crippen molar-refractivity contribution in [1.29, 1.82) is 0 Å². The Kier molecular flexibility index (Phi) is 23.0. The number of fused-ring (bicyclic) bond motifs is 1. The highest BCUT2D eigenvalue weighted by molar-refractivity contribution is 5.86. The van der Waals surface area contributed by atoms with Gasteiger partial charge in [-0.25, -0.2) is 0 Å². The maximum absolute atomic E-state index is 13.3. The standard InChI is InChI=1S/C42H69N3O6/c1-3-5-7-9-11-12-13-14-15-16-17-19-21-23-35-41(44(48)49)42(45(50)51,40-34-28-30-37-29-24-25-33-39(37)40)36-27-26-32-38(43(46)47)31-22-20-18-10-8-6-4-2/h24-25,28-30,33-34,38,41H,3-23,26-27,31-32,35-36H2,1-2H3. The summed E-state index contributed by atoms with van der Waals surface area (Å²) in [5.41, 5.74) is -1.55. The van der Waals surface area contributed by atoms with Crippen molar-refractivity contribution in [3.63, 3.8) is 0 Å². The van der Waals surface area contributed by atoms with Gasteiger partial charge in [-0.15, -0.1) is 0 Å². The average Bonchev–Trinajstić information content (AvgIpc) is 3.12. The van der Waals surface area contributed by atoms with Gasteiger partial charge in [0.1, 0.15) is 0 Å².